The monoisotopic (exact) mass is 277 g/mol. The molecule has 110 valence electrons. The second kappa shape index (κ2) is 5.83. The Balaban J connectivity index is 1.42. The van der Waals surface area contributed by atoms with Crippen molar-refractivity contribution in [2.45, 2.75) is 38.3 Å². The number of aryl methyl sites for hydroxylation is 1. The quantitative estimate of drug-likeness (QED) is 0.838. The van der Waals surface area contributed by atoms with Gasteiger partial charge in [-0.1, -0.05) is 0 Å². The van der Waals surface area contributed by atoms with Gasteiger partial charge in [0.2, 0.25) is 5.91 Å². The topological polar surface area (TPSA) is 76.2 Å². The Labute approximate surface area is 119 Å². The predicted molar refractivity (Wildman–Crippen MR) is 77.0 cm³/mol. The van der Waals surface area contributed by atoms with Crippen molar-refractivity contribution >= 4 is 11.7 Å². The Morgan fingerprint density at radius 3 is 3.10 bits per heavy atom. The molecule has 0 bridgehead atoms. The fraction of sp³-hybridized carbons (Fsp3) is 0.714. The lowest BCUT2D eigenvalue weighted by atomic mass is 9.85. The van der Waals surface area contributed by atoms with Crippen LogP contribution in [0.5, 0.6) is 0 Å². The maximum atomic E-state index is 11.4. The van der Waals surface area contributed by atoms with E-state index in [-0.39, 0.29) is 5.91 Å². The Hall–Kier alpha value is -1.56. The van der Waals surface area contributed by atoms with Crippen LogP contribution in [0, 0.1) is 5.92 Å². The maximum Gasteiger partial charge on any atom is 0.220 e. The van der Waals surface area contributed by atoms with Crippen molar-refractivity contribution in [3.05, 3.63) is 12.3 Å². The standard InChI is InChI=1S/C14H23N5O/c15-13-5-9-19(17-13)7-1-6-18-8-4-12-11(10-18)2-3-14(20)16-12/h5,9,11-12H,1-4,6-8,10H2,(H2,15,17)(H,16,20). The largest absolute Gasteiger partial charge is 0.382 e. The summed E-state index contributed by atoms with van der Waals surface area (Å²) >= 11 is 0. The number of anilines is 1. The fourth-order valence-electron chi connectivity index (χ4n) is 3.35. The van der Waals surface area contributed by atoms with Gasteiger partial charge in [0, 0.05) is 38.3 Å². The lowest BCUT2D eigenvalue weighted by molar-refractivity contribution is -0.125. The fourth-order valence-corrected chi connectivity index (χ4v) is 3.35. The zero-order valence-corrected chi connectivity index (χ0v) is 11.8. The van der Waals surface area contributed by atoms with E-state index in [1.165, 1.54) is 0 Å². The third kappa shape index (κ3) is 3.12. The molecule has 2 saturated heterocycles. The molecule has 2 atom stereocenters. The number of carbonyl (C=O) groups is 1. The number of amides is 1. The van der Waals surface area contributed by atoms with E-state index < -0.39 is 0 Å². The molecule has 2 fully saturated rings. The zero-order valence-electron chi connectivity index (χ0n) is 11.8. The van der Waals surface area contributed by atoms with Crippen LogP contribution in [0.2, 0.25) is 0 Å². The van der Waals surface area contributed by atoms with Crippen LogP contribution in [0.1, 0.15) is 25.7 Å². The molecule has 3 N–H and O–H groups in total. The van der Waals surface area contributed by atoms with Gasteiger partial charge in [-0.05, 0) is 37.8 Å². The number of piperidine rings is 2. The van der Waals surface area contributed by atoms with Crippen LogP contribution in [-0.4, -0.2) is 46.3 Å². The number of nitrogens with one attached hydrogen (secondary N) is 1. The second-order valence-electron chi connectivity index (χ2n) is 5.92. The first kappa shape index (κ1) is 13.4. The number of rotatable bonds is 4. The van der Waals surface area contributed by atoms with Crippen LogP contribution in [0.4, 0.5) is 5.82 Å². The van der Waals surface area contributed by atoms with Gasteiger partial charge in [-0.3, -0.25) is 9.48 Å². The van der Waals surface area contributed by atoms with E-state index in [0.29, 0.717) is 24.2 Å². The molecule has 3 rings (SSSR count). The van der Waals surface area contributed by atoms with Gasteiger partial charge in [0.05, 0.1) is 0 Å². The Morgan fingerprint density at radius 2 is 2.30 bits per heavy atom. The van der Waals surface area contributed by atoms with Crippen LogP contribution in [0.15, 0.2) is 12.3 Å². The molecule has 2 unspecified atom stereocenters. The summed E-state index contributed by atoms with van der Waals surface area (Å²) in [6, 6.07) is 2.24. The molecule has 1 aromatic heterocycles. The van der Waals surface area contributed by atoms with Gasteiger partial charge < -0.3 is 16.0 Å². The lowest BCUT2D eigenvalue weighted by Crippen LogP contribution is -2.54. The van der Waals surface area contributed by atoms with E-state index in [0.717, 1.165) is 45.4 Å². The third-order valence-electron chi connectivity index (χ3n) is 4.43. The predicted octanol–water partition coefficient (Wildman–Crippen LogP) is 0.456. The zero-order chi connectivity index (χ0) is 13.9. The summed E-state index contributed by atoms with van der Waals surface area (Å²) in [6.07, 6.45) is 5.85. The van der Waals surface area contributed by atoms with Gasteiger partial charge in [-0.15, -0.1) is 0 Å². The molecule has 0 saturated carbocycles. The molecule has 0 aliphatic carbocycles. The number of hydrogen-bond donors (Lipinski definition) is 2. The molecule has 0 spiro atoms. The molecule has 2 aliphatic heterocycles. The number of likely N-dealkylation sites (tertiary alicyclic amines) is 1. The van der Waals surface area contributed by atoms with Gasteiger partial charge in [0.1, 0.15) is 5.82 Å². The summed E-state index contributed by atoms with van der Waals surface area (Å²) < 4.78 is 1.91. The highest BCUT2D eigenvalue weighted by atomic mass is 16.1. The number of hydrogen-bond acceptors (Lipinski definition) is 4. The highest BCUT2D eigenvalue weighted by molar-refractivity contribution is 5.77. The van der Waals surface area contributed by atoms with Gasteiger partial charge in [-0.25, -0.2) is 0 Å². The molecule has 1 amide bonds. The third-order valence-corrected chi connectivity index (χ3v) is 4.43. The molecule has 3 heterocycles. The number of carbonyl (C=O) groups excluding carboxylic acids is 1. The molecule has 2 aliphatic rings. The lowest BCUT2D eigenvalue weighted by Gasteiger charge is -2.41. The van der Waals surface area contributed by atoms with Crippen molar-refractivity contribution in [2.75, 3.05) is 25.4 Å². The van der Waals surface area contributed by atoms with Crippen molar-refractivity contribution < 1.29 is 4.79 Å². The molecule has 6 nitrogen and oxygen atoms in total. The van der Waals surface area contributed by atoms with Crippen molar-refractivity contribution in [1.82, 2.24) is 20.0 Å². The number of nitrogens with zero attached hydrogens (tertiary/aromatic N) is 3. The normalized spacial score (nSPS) is 27.1. The molecule has 0 aromatic carbocycles. The van der Waals surface area contributed by atoms with Crippen LogP contribution in [-0.2, 0) is 11.3 Å². The summed E-state index contributed by atoms with van der Waals surface area (Å²) in [7, 11) is 0. The van der Waals surface area contributed by atoms with Crippen LogP contribution >= 0.6 is 0 Å². The van der Waals surface area contributed by atoms with Crippen LogP contribution in [0.25, 0.3) is 0 Å². The Morgan fingerprint density at radius 1 is 1.40 bits per heavy atom. The summed E-state index contributed by atoms with van der Waals surface area (Å²) in [4.78, 5) is 13.9. The summed E-state index contributed by atoms with van der Waals surface area (Å²) in [6.45, 7) is 4.21. The highest BCUT2D eigenvalue weighted by Crippen LogP contribution is 2.25. The minimum absolute atomic E-state index is 0.232. The average molecular weight is 277 g/mol. The summed E-state index contributed by atoms with van der Waals surface area (Å²) in [5, 5.41) is 7.33. The number of fused-ring (bicyclic) bond motifs is 1. The van der Waals surface area contributed by atoms with E-state index in [1.807, 2.05) is 16.9 Å². The van der Waals surface area contributed by atoms with Crippen molar-refractivity contribution in [3.63, 3.8) is 0 Å². The smallest absolute Gasteiger partial charge is 0.220 e. The van der Waals surface area contributed by atoms with Gasteiger partial charge in [-0.2, -0.15) is 5.10 Å². The van der Waals surface area contributed by atoms with E-state index in [2.05, 4.69) is 15.3 Å². The van der Waals surface area contributed by atoms with Crippen molar-refractivity contribution in [3.8, 4) is 0 Å². The molecular weight excluding hydrogens is 254 g/mol. The number of nitrogen functional groups attached to an aromatic ring is 1. The van der Waals surface area contributed by atoms with Crippen LogP contribution < -0.4 is 11.1 Å². The van der Waals surface area contributed by atoms with Gasteiger partial charge in [0.25, 0.3) is 0 Å². The minimum atomic E-state index is 0.232. The second-order valence-corrected chi connectivity index (χ2v) is 5.92. The van der Waals surface area contributed by atoms with E-state index in [9.17, 15) is 4.79 Å². The van der Waals surface area contributed by atoms with Crippen molar-refractivity contribution in [1.29, 1.82) is 0 Å². The Kier molecular flexibility index (Phi) is 3.91. The Bertz CT molecular complexity index is 472. The number of nitrogens with two attached hydrogens (primary N) is 1. The molecule has 0 radical (unpaired) electrons. The van der Waals surface area contributed by atoms with Crippen molar-refractivity contribution in [2.24, 2.45) is 5.92 Å². The minimum Gasteiger partial charge on any atom is -0.382 e. The van der Waals surface area contributed by atoms with E-state index >= 15 is 0 Å². The van der Waals surface area contributed by atoms with Gasteiger partial charge in [0.15, 0.2) is 0 Å². The molecule has 1 aromatic rings. The first-order chi connectivity index (χ1) is 9.70. The SMILES string of the molecule is Nc1ccn(CCCN2CCC3NC(=O)CCC3C2)n1. The first-order valence-electron chi connectivity index (χ1n) is 7.51. The number of aromatic nitrogens is 2. The maximum absolute atomic E-state index is 11.4. The van der Waals surface area contributed by atoms with Gasteiger partial charge >= 0.3 is 0 Å². The molecular formula is C14H23N5O. The molecule has 6 heteroatoms. The molecule has 20 heavy (non-hydrogen) atoms. The van der Waals surface area contributed by atoms with E-state index in [1.54, 1.807) is 0 Å². The van der Waals surface area contributed by atoms with E-state index in [4.69, 9.17) is 5.73 Å². The average Bonchev–Trinajstić information content (AvgIpc) is 2.85. The summed E-state index contributed by atoms with van der Waals surface area (Å²) in [5.74, 6) is 1.46. The van der Waals surface area contributed by atoms with Crippen LogP contribution in [0.3, 0.4) is 0 Å². The highest BCUT2D eigenvalue weighted by Gasteiger charge is 2.33. The first-order valence-corrected chi connectivity index (χ1v) is 7.51. The summed E-state index contributed by atoms with van der Waals surface area (Å²) in [5.41, 5.74) is 5.60.